The van der Waals surface area contributed by atoms with Gasteiger partial charge in [-0.3, -0.25) is 48.1 Å². The van der Waals surface area contributed by atoms with E-state index in [9.17, 15) is 43.2 Å². The molecule has 0 spiro atoms. The van der Waals surface area contributed by atoms with Crippen LogP contribution in [-0.4, -0.2) is 101 Å². The Balaban J connectivity index is 1.69. The predicted molar refractivity (Wildman–Crippen MR) is 256 cm³/mol. The number of fused-ring (bicyclic) bond motifs is 1. The van der Waals surface area contributed by atoms with Crippen molar-refractivity contribution in [3.05, 3.63) is 71.9 Å². The molecule has 1 aliphatic heterocycles. The summed E-state index contributed by atoms with van der Waals surface area (Å²) in [5.74, 6) is -8.26. The van der Waals surface area contributed by atoms with Crippen LogP contribution in [0.2, 0.25) is 0 Å². The molecule has 368 valence electrons. The van der Waals surface area contributed by atoms with Gasteiger partial charge in [-0.05, 0) is 69.1 Å². The number of ketones is 3. The van der Waals surface area contributed by atoms with Gasteiger partial charge >= 0.3 is 0 Å². The van der Waals surface area contributed by atoms with Crippen LogP contribution in [0.15, 0.2) is 65.8 Å². The number of nitrogens with two attached hydrogens (primary N) is 3. The number of rotatable bonds is 18. The molecule has 7 atom stereocenters. The summed E-state index contributed by atoms with van der Waals surface area (Å²) in [6, 6.07) is 11.7. The summed E-state index contributed by atoms with van der Waals surface area (Å²) >= 11 is 0. The van der Waals surface area contributed by atoms with Crippen molar-refractivity contribution in [2.24, 2.45) is 39.9 Å². The minimum absolute atomic E-state index is 0.0236. The van der Waals surface area contributed by atoms with Gasteiger partial charge in [0.15, 0.2) is 11.7 Å². The Morgan fingerprint density at radius 1 is 0.868 bits per heavy atom. The number of amides is 6. The number of aliphatic imine (C=N–C) groups is 1. The number of carbonyl (C=O) groups excluding carboxylic acids is 9. The predicted octanol–water partition coefficient (Wildman–Crippen LogP) is 1.69. The van der Waals surface area contributed by atoms with Gasteiger partial charge in [0.05, 0.1) is 6.04 Å². The highest BCUT2D eigenvalue weighted by atomic mass is 16.2. The van der Waals surface area contributed by atoms with Gasteiger partial charge in [0.25, 0.3) is 0 Å². The number of hydrogen-bond acceptors (Lipinski definition) is 10. The molecule has 3 aromatic rings. The minimum Gasteiger partial charge on any atom is -0.370 e. The second kappa shape index (κ2) is 27.0. The maximum absolute atomic E-state index is 14.5. The highest BCUT2D eigenvalue weighted by Crippen LogP contribution is 2.27. The number of nitrogens with zero attached hydrogens (tertiary/aromatic N) is 1. The first kappa shape index (κ1) is 53.7. The van der Waals surface area contributed by atoms with E-state index in [-0.39, 0.29) is 83.3 Å². The molecule has 1 aromatic heterocycles. The van der Waals surface area contributed by atoms with Crippen molar-refractivity contribution in [3.63, 3.8) is 0 Å². The molecule has 0 aliphatic carbocycles. The standard InChI is InChI=1S/C49H68N10O9/c1-4-5-16-38(57-30(3)60)48(68)58-39-18-19-44(64)53-22-20-33(42(62)27-34(45(50)65)24-35-28-55-37-17-10-9-15-36(35)37)25-41(61)32(14-11-21-54-49(51)52)26-43(63)40(23-31-12-7-6-8-13-31)59-46(66)29(2)56-47(39)67/h6-10,12-13,15,17,28-29,32-34,38-40,55H,4-5,11,14,16,18-27H2,1-3H3,(H2,50,65)(H,53,64)(H,56,67)(H,57,60)(H,58,68)(H,59,66)(H4,51,52,54)/t29-,32+,33+,34+,38-,39-,40+/m0/s1. The van der Waals surface area contributed by atoms with Crippen molar-refractivity contribution in [2.75, 3.05) is 13.1 Å². The van der Waals surface area contributed by atoms with E-state index >= 15 is 0 Å². The molecule has 1 saturated heterocycles. The van der Waals surface area contributed by atoms with E-state index in [4.69, 9.17) is 17.2 Å². The average molecular weight is 941 g/mol. The third kappa shape index (κ3) is 17.4. The highest BCUT2D eigenvalue weighted by Gasteiger charge is 2.34. The van der Waals surface area contributed by atoms with E-state index in [0.717, 1.165) is 22.9 Å². The molecule has 68 heavy (non-hydrogen) atoms. The Labute approximate surface area is 396 Å². The molecule has 19 nitrogen and oxygen atoms in total. The number of primary amides is 1. The monoisotopic (exact) mass is 941 g/mol. The lowest BCUT2D eigenvalue weighted by atomic mass is 9.81. The molecule has 12 N–H and O–H groups in total. The summed E-state index contributed by atoms with van der Waals surface area (Å²) in [5.41, 5.74) is 19.3. The molecule has 19 heteroatoms. The fraction of sp³-hybridized carbons (Fsp3) is 0.510. The minimum atomic E-state index is -1.33. The Bertz CT molecular complexity index is 2280. The topological polar surface area (TPSA) is 320 Å². The first-order valence-corrected chi connectivity index (χ1v) is 23.4. The van der Waals surface area contributed by atoms with Crippen molar-refractivity contribution >= 4 is 69.7 Å². The van der Waals surface area contributed by atoms with E-state index in [1.54, 1.807) is 36.5 Å². The van der Waals surface area contributed by atoms with Gasteiger partial charge in [-0.15, -0.1) is 0 Å². The van der Waals surface area contributed by atoms with Gasteiger partial charge in [-0.2, -0.15) is 0 Å². The lowest BCUT2D eigenvalue weighted by molar-refractivity contribution is -0.135. The van der Waals surface area contributed by atoms with Gasteiger partial charge < -0.3 is 48.8 Å². The number of nitrogens with one attached hydrogen (secondary N) is 6. The number of benzene rings is 2. The zero-order chi connectivity index (χ0) is 49.8. The quantitative estimate of drug-likeness (QED) is 0.0502. The van der Waals surface area contributed by atoms with Crippen LogP contribution in [-0.2, 0) is 56.0 Å². The number of aromatic amines is 1. The van der Waals surface area contributed by atoms with Gasteiger partial charge in [0.2, 0.25) is 35.4 Å². The Morgan fingerprint density at radius 3 is 2.28 bits per heavy atom. The largest absolute Gasteiger partial charge is 0.370 e. The molecule has 0 radical (unpaired) electrons. The molecule has 2 aromatic carbocycles. The van der Waals surface area contributed by atoms with Crippen molar-refractivity contribution in [3.8, 4) is 0 Å². The summed E-state index contributed by atoms with van der Waals surface area (Å²) < 4.78 is 0. The fourth-order valence-corrected chi connectivity index (χ4v) is 8.33. The zero-order valence-electron chi connectivity index (χ0n) is 39.3. The first-order valence-electron chi connectivity index (χ1n) is 23.4. The Morgan fingerprint density at radius 2 is 1.59 bits per heavy atom. The number of carbonyl (C=O) groups is 9. The molecule has 1 fully saturated rings. The van der Waals surface area contributed by atoms with E-state index < -0.39 is 94.7 Å². The molecule has 4 rings (SSSR count). The first-order chi connectivity index (χ1) is 32.4. The van der Waals surface area contributed by atoms with Crippen LogP contribution in [0, 0.1) is 17.8 Å². The number of aromatic nitrogens is 1. The second-order valence-corrected chi connectivity index (χ2v) is 17.6. The van der Waals surface area contributed by atoms with Gasteiger partial charge in [-0.1, -0.05) is 68.3 Å². The maximum atomic E-state index is 14.5. The second-order valence-electron chi connectivity index (χ2n) is 17.6. The number of hydrogen-bond donors (Lipinski definition) is 9. The van der Waals surface area contributed by atoms with Crippen LogP contribution in [0.5, 0.6) is 0 Å². The van der Waals surface area contributed by atoms with E-state index in [0.29, 0.717) is 18.4 Å². The number of guanidine groups is 1. The molecular weight excluding hydrogens is 873 g/mol. The van der Waals surface area contributed by atoms with Crippen molar-refractivity contribution in [2.45, 2.75) is 128 Å². The molecule has 6 amide bonds. The smallest absolute Gasteiger partial charge is 0.243 e. The molecular formula is C49H68N10O9. The average Bonchev–Trinajstić information content (AvgIpc) is 3.71. The Hall–Kier alpha value is -6.92. The van der Waals surface area contributed by atoms with Crippen LogP contribution in [0.25, 0.3) is 10.9 Å². The van der Waals surface area contributed by atoms with Crippen LogP contribution >= 0.6 is 0 Å². The number of H-pyrrole nitrogens is 1. The van der Waals surface area contributed by atoms with Crippen LogP contribution in [0.4, 0.5) is 0 Å². The summed E-state index contributed by atoms with van der Waals surface area (Å²) in [4.78, 5) is 130. The maximum Gasteiger partial charge on any atom is 0.243 e. The van der Waals surface area contributed by atoms with E-state index in [1.807, 2.05) is 31.2 Å². The van der Waals surface area contributed by atoms with Gasteiger partial charge in [0, 0.05) is 80.6 Å². The molecule has 2 heterocycles. The number of unbranched alkanes of at least 4 members (excludes halogenated alkanes) is 1. The zero-order valence-corrected chi connectivity index (χ0v) is 39.3. The van der Waals surface area contributed by atoms with E-state index in [1.165, 1.54) is 13.8 Å². The summed E-state index contributed by atoms with van der Waals surface area (Å²) in [5, 5.41) is 14.2. The van der Waals surface area contributed by atoms with Gasteiger partial charge in [0.1, 0.15) is 29.7 Å². The highest BCUT2D eigenvalue weighted by molar-refractivity contribution is 5.98. The lowest BCUT2D eigenvalue weighted by Crippen LogP contribution is -2.57. The van der Waals surface area contributed by atoms with Crippen LogP contribution in [0.1, 0.15) is 103 Å². The fourth-order valence-electron chi connectivity index (χ4n) is 8.33. The summed E-state index contributed by atoms with van der Waals surface area (Å²) in [6.07, 6.45) is 2.52. The van der Waals surface area contributed by atoms with Crippen molar-refractivity contribution in [1.29, 1.82) is 0 Å². The van der Waals surface area contributed by atoms with Crippen molar-refractivity contribution in [1.82, 2.24) is 31.6 Å². The normalized spacial score (nSPS) is 21.1. The summed E-state index contributed by atoms with van der Waals surface area (Å²) in [7, 11) is 0. The van der Waals surface area contributed by atoms with Crippen molar-refractivity contribution < 1.29 is 43.2 Å². The van der Waals surface area contributed by atoms with E-state index in [2.05, 4.69) is 36.6 Å². The van der Waals surface area contributed by atoms with Crippen LogP contribution < -0.4 is 43.8 Å². The Kier molecular flexibility index (Phi) is 21.3. The number of Topliss-reactive ketones (excluding diaryl/α,β-unsaturated/α-hetero) is 3. The molecule has 0 bridgehead atoms. The molecule has 0 unspecified atom stereocenters. The lowest BCUT2D eigenvalue weighted by Gasteiger charge is -2.26. The third-order valence-electron chi connectivity index (χ3n) is 12.2. The molecule has 0 saturated carbocycles. The molecule has 1 aliphatic rings. The van der Waals surface area contributed by atoms with Crippen LogP contribution in [0.3, 0.4) is 0 Å². The number of para-hydroxylation sites is 1. The third-order valence-corrected chi connectivity index (χ3v) is 12.2. The van der Waals surface area contributed by atoms with Gasteiger partial charge in [-0.25, -0.2) is 0 Å². The SMILES string of the molecule is CCCC[C@H](NC(C)=O)C(=O)N[C@H]1CCC(=O)NCC[C@@H](C(=O)C[C@@H](Cc2c[nH]c3ccccc23)C(N)=O)CC(=O)[C@H](CCCN=C(N)N)CC(=O)[C@@H](Cc2ccccc2)NC(=O)[C@H](C)NC1=O. The summed E-state index contributed by atoms with van der Waals surface area (Å²) in [6.45, 7) is 4.66.